The fraction of sp³-hybridized carbons (Fsp3) is 0.444. The molecule has 1 aromatic heterocycles. The molecule has 1 amide bonds. The summed E-state index contributed by atoms with van der Waals surface area (Å²) in [6, 6.07) is 5.60. The first kappa shape index (κ1) is 17.2. The fourth-order valence-electron chi connectivity index (χ4n) is 2.66. The van der Waals surface area contributed by atoms with Gasteiger partial charge in [0.25, 0.3) is 5.91 Å². The molecule has 0 fully saturated rings. The number of aryl methyl sites for hydroxylation is 2. The van der Waals surface area contributed by atoms with E-state index in [1.165, 1.54) is 6.07 Å². The Kier molecular flexibility index (Phi) is 5.21. The molecule has 1 heterocycles. The molecule has 124 valence electrons. The highest BCUT2D eigenvalue weighted by molar-refractivity contribution is 5.81. The molecule has 0 aliphatic carbocycles. The molecule has 5 nitrogen and oxygen atoms in total. The molecule has 2 N–H and O–H groups in total. The summed E-state index contributed by atoms with van der Waals surface area (Å²) in [5, 5.41) is 3.83. The molecule has 0 spiro atoms. The first-order valence-corrected chi connectivity index (χ1v) is 7.91. The minimum atomic E-state index is -0.352. The number of amides is 1. The maximum absolute atomic E-state index is 11.9. The Hall–Kier alpha value is -2.14. The largest absolute Gasteiger partial charge is 0.423 e. The van der Waals surface area contributed by atoms with Crippen molar-refractivity contribution in [1.29, 1.82) is 0 Å². The molecule has 2 rings (SSSR count). The van der Waals surface area contributed by atoms with Crippen LogP contribution in [0.2, 0.25) is 0 Å². The van der Waals surface area contributed by atoms with Gasteiger partial charge < -0.3 is 14.6 Å². The Morgan fingerprint density at radius 1 is 1.22 bits per heavy atom. The van der Waals surface area contributed by atoms with Crippen LogP contribution in [0.5, 0.6) is 0 Å². The zero-order chi connectivity index (χ0) is 17.1. The highest BCUT2D eigenvalue weighted by Gasteiger charge is 2.15. The van der Waals surface area contributed by atoms with E-state index in [4.69, 9.17) is 4.42 Å². The Balaban J connectivity index is 2.27. The number of carbonyl (C=O) groups is 1. The van der Waals surface area contributed by atoms with Crippen LogP contribution < -0.4 is 15.8 Å². The van der Waals surface area contributed by atoms with Gasteiger partial charge in [0.2, 0.25) is 0 Å². The van der Waals surface area contributed by atoms with E-state index in [9.17, 15) is 9.59 Å². The zero-order valence-corrected chi connectivity index (χ0v) is 14.4. The third-order valence-electron chi connectivity index (χ3n) is 3.85. The lowest BCUT2D eigenvalue weighted by molar-refractivity contribution is -0.885. The molecule has 1 unspecified atom stereocenters. The molecule has 0 radical (unpaired) electrons. The van der Waals surface area contributed by atoms with Gasteiger partial charge in [-0.1, -0.05) is 0 Å². The van der Waals surface area contributed by atoms with Crippen LogP contribution in [0.15, 0.2) is 27.4 Å². The number of carbonyl (C=O) groups excluding carboxylic acids is 1. The maximum atomic E-state index is 11.9. The predicted octanol–water partition coefficient (Wildman–Crippen LogP) is 0.949. The van der Waals surface area contributed by atoms with Gasteiger partial charge in [-0.25, -0.2) is 4.79 Å². The molecule has 1 aromatic carbocycles. The van der Waals surface area contributed by atoms with Gasteiger partial charge in [0.05, 0.1) is 7.05 Å². The Bertz CT molecular complexity index is 778. The van der Waals surface area contributed by atoms with Crippen molar-refractivity contribution in [2.24, 2.45) is 0 Å². The number of benzene rings is 1. The van der Waals surface area contributed by atoms with Gasteiger partial charge in [-0.15, -0.1) is 0 Å². The number of rotatable bonds is 5. The number of hydrogen-bond donors (Lipinski definition) is 2. The Labute approximate surface area is 136 Å². The summed E-state index contributed by atoms with van der Waals surface area (Å²) >= 11 is 0. The van der Waals surface area contributed by atoms with E-state index in [-0.39, 0.29) is 17.6 Å². The van der Waals surface area contributed by atoms with Crippen LogP contribution >= 0.6 is 0 Å². The molecule has 0 aliphatic heterocycles. The molecular formula is C18H25N2O3+. The number of quaternary nitrogens is 1. The second kappa shape index (κ2) is 6.96. The molecular weight excluding hydrogens is 292 g/mol. The van der Waals surface area contributed by atoms with Crippen molar-refractivity contribution in [1.82, 2.24) is 5.32 Å². The van der Waals surface area contributed by atoms with Crippen LogP contribution in [0, 0.1) is 13.8 Å². The fourth-order valence-corrected chi connectivity index (χ4v) is 2.66. The van der Waals surface area contributed by atoms with E-state index < -0.39 is 0 Å². The molecule has 23 heavy (non-hydrogen) atoms. The molecule has 0 bridgehead atoms. The molecule has 0 aliphatic rings. The van der Waals surface area contributed by atoms with Gasteiger partial charge in [0.15, 0.2) is 6.54 Å². The van der Waals surface area contributed by atoms with Crippen LogP contribution in [0.25, 0.3) is 11.0 Å². The number of nitrogens with one attached hydrogen (secondary N) is 2. The van der Waals surface area contributed by atoms with Crippen molar-refractivity contribution in [2.75, 3.05) is 13.6 Å². The summed E-state index contributed by atoms with van der Waals surface area (Å²) in [5.74, 6) is 0.0109. The summed E-state index contributed by atoms with van der Waals surface area (Å²) in [7, 11) is 1.95. The van der Waals surface area contributed by atoms with Gasteiger partial charge >= 0.3 is 5.63 Å². The van der Waals surface area contributed by atoms with E-state index in [0.29, 0.717) is 18.7 Å². The first-order chi connectivity index (χ1) is 10.8. The van der Waals surface area contributed by atoms with Crippen molar-refractivity contribution < 1.29 is 14.1 Å². The highest BCUT2D eigenvalue weighted by Crippen LogP contribution is 2.21. The van der Waals surface area contributed by atoms with Crippen molar-refractivity contribution in [3.05, 3.63) is 45.3 Å². The maximum Gasteiger partial charge on any atom is 0.336 e. The average Bonchev–Trinajstić information content (AvgIpc) is 2.39. The lowest BCUT2D eigenvalue weighted by Gasteiger charge is -2.16. The van der Waals surface area contributed by atoms with Gasteiger partial charge in [-0.3, -0.25) is 4.79 Å². The second-order valence-electron chi connectivity index (χ2n) is 6.56. The molecule has 5 heteroatoms. The third-order valence-corrected chi connectivity index (χ3v) is 3.85. The number of fused-ring (bicyclic) bond motifs is 1. The molecule has 0 saturated carbocycles. The van der Waals surface area contributed by atoms with Crippen molar-refractivity contribution in [3.63, 3.8) is 0 Å². The molecule has 2 aromatic rings. The summed E-state index contributed by atoms with van der Waals surface area (Å²) in [5.41, 5.74) is 3.41. The first-order valence-electron chi connectivity index (χ1n) is 7.91. The normalized spacial score (nSPS) is 12.6. The molecule has 0 saturated heterocycles. The predicted molar refractivity (Wildman–Crippen MR) is 90.7 cm³/mol. The standard InChI is InChI=1S/C18H24N2O3/c1-11(2)19-17(21)10-20(5)9-14-8-18(22)23-16-7-13(4)12(3)6-15(14)16/h6-8,11H,9-10H2,1-5H3,(H,19,21)/p+1. The van der Waals surface area contributed by atoms with Gasteiger partial charge in [0, 0.05) is 23.1 Å². The topological polar surface area (TPSA) is 63.8 Å². The quantitative estimate of drug-likeness (QED) is 0.807. The van der Waals surface area contributed by atoms with Gasteiger partial charge in [0.1, 0.15) is 12.1 Å². The number of hydrogen-bond acceptors (Lipinski definition) is 3. The lowest BCUT2D eigenvalue weighted by atomic mass is 10.0. The SMILES string of the molecule is Cc1cc2oc(=O)cc(C[NH+](C)CC(=O)NC(C)C)c2cc1C. The van der Waals surface area contributed by atoms with E-state index in [0.717, 1.165) is 27.0 Å². The van der Waals surface area contributed by atoms with Crippen molar-refractivity contribution >= 4 is 16.9 Å². The molecule has 1 atom stereocenters. The van der Waals surface area contributed by atoms with E-state index in [2.05, 4.69) is 5.32 Å². The number of likely N-dealkylation sites (N-methyl/N-ethyl adjacent to an activating group) is 1. The Morgan fingerprint density at radius 3 is 2.52 bits per heavy atom. The summed E-state index contributed by atoms with van der Waals surface area (Å²) in [4.78, 5) is 24.7. The van der Waals surface area contributed by atoms with Crippen molar-refractivity contribution in [2.45, 2.75) is 40.3 Å². The van der Waals surface area contributed by atoms with Crippen LogP contribution in [0.1, 0.15) is 30.5 Å². The van der Waals surface area contributed by atoms with Crippen LogP contribution in [-0.2, 0) is 11.3 Å². The van der Waals surface area contributed by atoms with Crippen LogP contribution in [-0.4, -0.2) is 25.5 Å². The van der Waals surface area contributed by atoms with Crippen LogP contribution in [0.4, 0.5) is 0 Å². The third kappa shape index (κ3) is 4.42. The van der Waals surface area contributed by atoms with E-state index in [1.807, 2.05) is 46.9 Å². The summed E-state index contributed by atoms with van der Waals surface area (Å²) < 4.78 is 5.31. The Morgan fingerprint density at radius 2 is 1.87 bits per heavy atom. The summed E-state index contributed by atoms with van der Waals surface area (Å²) in [6.07, 6.45) is 0. The van der Waals surface area contributed by atoms with Crippen LogP contribution in [0.3, 0.4) is 0 Å². The monoisotopic (exact) mass is 317 g/mol. The average molecular weight is 317 g/mol. The van der Waals surface area contributed by atoms with Gasteiger partial charge in [-0.2, -0.15) is 0 Å². The van der Waals surface area contributed by atoms with Gasteiger partial charge in [-0.05, 0) is 51.0 Å². The lowest BCUT2D eigenvalue weighted by Crippen LogP contribution is -3.09. The van der Waals surface area contributed by atoms with E-state index in [1.54, 1.807) is 0 Å². The highest BCUT2D eigenvalue weighted by atomic mass is 16.4. The summed E-state index contributed by atoms with van der Waals surface area (Å²) in [6.45, 7) is 8.87. The minimum absolute atomic E-state index is 0.0109. The minimum Gasteiger partial charge on any atom is -0.423 e. The zero-order valence-electron chi connectivity index (χ0n) is 14.4. The van der Waals surface area contributed by atoms with Crippen molar-refractivity contribution in [3.8, 4) is 0 Å². The smallest absolute Gasteiger partial charge is 0.336 e. The van der Waals surface area contributed by atoms with E-state index >= 15 is 0 Å². The second-order valence-corrected chi connectivity index (χ2v) is 6.56.